The Balaban J connectivity index is 1.87. The fourth-order valence-corrected chi connectivity index (χ4v) is 3.99. The molecular formula is C18H26N2O3. The van der Waals surface area contributed by atoms with Gasteiger partial charge in [-0.2, -0.15) is 0 Å². The summed E-state index contributed by atoms with van der Waals surface area (Å²) in [6.07, 6.45) is 0.796. The molecule has 1 aromatic rings. The number of carbonyl (C=O) groups is 1. The molecule has 0 saturated carbocycles. The van der Waals surface area contributed by atoms with Crippen molar-refractivity contribution >= 4 is 11.8 Å². The Labute approximate surface area is 138 Å². The molecule has 5 nitrogen and oxygen atoms in total. The zero-order valence-corrected chi connectivity index (χ0v) is 14.8. The van der Waals surface area contributed by atoms with Crippen molar-refractivity contribution in [2.75, 3.05) is 25.5 Å². The van der Waals surface area contributed by atoms with Gasteiger partial charge in [0.2, 0.25) is 0 Å². The SMILES string of the molecule is CN1CC[C@@]2(C)c3cc(OC(=O)OC(C)(C)C)ccc3N(C)[C@@H]12. The van der Waals surface area contributed by atoms with Crippen LogP contribution in [0.5, 0.6) is 5.75 Å². The molecule has 0 radical (unpaired) electrons. The number of fused-ring (bicyclic) bond motifs is 3. The second kappa shape index (κ2) is 5.13. The molecule has 23 heavy (non-hydrogen) atoms. The fraction of sp³-hybridized carbons (Fsp3) is 0.611. The molecule has 3 rings (SSSR count). The largest absolute Gasteiger partial charge is 0.514 e. The lowest BCUT2D eigenvalue weighted by atomic mass is 9.81. The van der Waals surface area contributed by atoms with Gasteiger partial charge in [-0.05, 0) is 58.0 Å². The van der Waals surface area contributed by atoms with Crippen molar-refractivity contribution in [1.29, 1.82) is 0 Å². The molecule has 2 aliphatic rings. The van der Waals surface area contributed by atoms with E-state index >= 15 is 0 Å². The minimum atomic E-state index is -0.658. The number of likely N-dealkylation sites (tertiary alicyclic amines) is 1. The number of hydrogen-bond donors (Lipinski definition) is 0. The Bertz CT molecular complexity index is 638. The fourth-order valence-electron chi connectivity index (χ4n) is 3.99. The van der Waals surface area contributed by atoms with E-state index < -0.39 is 11.8 Å². The number of nitrogens with zero attached hydrogens (tertiary/aromatic N) is 2. The molecular weight excluding hydrogens is 292 g/mol. The summed E-state index contributed by atoms with van der Waals surface area (Å²) in [5.74, 6) is 0.544. The first-order chi connectivity index (χ1) is 10.6. The highest BCUT2D eigenvalue weighted by atomic mass is 16.7. The van der Waals surface area contributed by atoms with Gasteiger partial charge in [-0.1, -0.05) is 6.92 Å². The second-order valence-electron chi connectivity index (χ2n) is 7.88. The molecule has 0 spiro atoms. The summed E-state index contributed by atoms with van der Waals surface area (Å²) in [6, 6.07) is 5.87. The molecule has 0 unspecified atom stereocenters. The van der Waals surface area contributed by atoms with E-state index in [4.69, 9.17) is 9.47 Å². The van der Waals surface area contributed by atoms with Crippen LogP contribution in [-0.4, -0.2) is 43.5 Å². The van der Waals surface area contributed by atoms with Gasteiger partial charge in [0.05, 0.1) is 6.17 Å². The van der Waals surface area contributed by atoms with Crippen molar-refractivity contribution in [3.8, 4) is 5.75 Å². The lowest BCUT2D eigenvalue weighted by Gasteiger charge is -2.32. The van der Waals surface area contributed by atoms with Gasteiger partial charge < -0.3 is 14.4 Å². The first-order valence-corrected chi connectivity index (χ1v) is 8.10. The first-order valence-electron chi connectivity index (χ1n) is 8.10. The minimum Gasteiger partial charge on any atom is -0.428 e. The van der Waals surface area contributed by atoms with E-state index in [1.54, 1.807) is 0 Å². The van der Waals surface area contributed by atoms with Crippen LogP contribution in [0.3, 0.4) is 0 Å². The van der Waals surface area contributed by atoms with Gasteiger partial charge in [-0.3, -0.25) is 4.90 Å². The van der Waals surface area contributed by atoms with Crippen molar-refractivity contribution < 1.29 is 14.3 Å². The van der Waals surface area contributed by atoms with Gasteiger partial charge in [0.25, 0.3) is 0 Å². The Kier molecular flexibility index (Phi) is 3.59. The van der Waals surface area contributed by atoms with Crippen LogP contribution in [0.15, 0.2) is 18.2 Å². The summed E-state index contributed by atoms with van der Waals surface area (Å²) >= 11 is 0. The van der Waals surface area contributed by atoms with Gasteiger partial charge >= 0.3 is 6.16 Å². The van der Waals surface area contributed by atoms with Crippen LogP contribution >= 0.6 is 0 Å². The molecule has 2 heterocycles. The average Bonchev–Trinajstić information content (AvgIpc) is 2.83. The Morgan fingerprint density at radius 3 is 2.65 bits per heavy atom. The molecule has 0 aromatic heterocycles. The number of hydrogen-bond acceptors (Lipinski definition) is 5. The maximum absolute atomic E-state index is 11.9. The maximum Gasteiger partial charge on any atom is 0.514 e. The van der Waals surface area contributed by atoms with Gasteiger partial charge in [0.15, 0.2) is 0 Å². The Hall–Kier alpha value is -1.75. The monoisotopic (exact) mass is 318 g/mol. The molecule has 0 N–H and O–H groups in total. The molecule has 5 heteroatoms. The standard InChI is InChI=1S/C18H26N2O3/c1-17(2,3)23-16(21)22-12-7-8-14-13(11-12)18(4)9-10-19(5)15(18)20(14)6/h7-8,11,15H,9-10H2,1-6H3/t15-,18+/m1/s1. The molecule has 0 bridgehead atoms. The number of rotatable bonds is 1. The number of benzene rings is 1. The summed E-state index contributed by atoms with van der Waals surface area (Å²) in [5.41, 5.74) is 1.96. The van der Waals surface area contributed by atoms with E-state index in [2.05, 4.69) is 30.8 Å². The van der Waals surface area contributed by atoms with Crippen molar-refractivity contribution in [3.63, 3.8) is 0 Å². The molecule has 0 aliphatic carbocycles. The minimum absolute atomic E-state index is 0.0616. The molecule has 2 atom stereocenters. The van der Waals surface area contributed by atoms with E-state index in [1.165, 1.54) is 11.3 Å². The highest BCUT2D eigenvalue weighted by Gasteiger charge is 2.52. The third kappa shape index (κ3) is 2.67. The van der Waals surface area contributed by atoms with E-state index in [1.807, 2.05) is 39.0 Å². The first kappa shape index (κ1) is 16.1. The van der Waals surface area contributed by atoms with Crippen LogP contribution < -0.4 is 9.64 Å². The second-order valence-corrected chi connectivity index (χ2v) is 7.88. The predicted octanol–water partition coefficient (Wildman–Crippen LogP) is 3.37. The van der Waals surface area contributed by atoms with Crippen molar-refractivity contribution in [2.45, 2.75) is 51.3 Å². The van der Waals surface area contributed by atoms with Crippen molar-refractivity contribution in [1.82, 2.24) is 4.90 Å². The summed E-state index contributed by atoms with van der Waals surface area (Å²) in [6.45, 7) is 8.84. The summed E-state index contributed by atoms with van der Waals surface area (Å²) in [4.78, 5) is 16.6. The molecule has 1 fully saturated rings. The summed E-state index contributed by atoms with van der Waals surface area (Å²) in [5, 5.41) is 0. The van der Waals surface area contributed by atoms with Gasteiger partial charge in [-0.15, -0.1) is 0 Å². The summed E-state index contributed by atoms with van der Waals surface area (Å²) < 4.78 is 10.6. The van der Waals surface area contributed by atoms with Gasteiger partial charge in [0, 0.05) is 24.7 Å². The highest BCUT2D eigenvalue weighted by molar-refractivity contribution is 5.69. The molecule has 2 aliphatic heterocycles. The highest BCUT2D eigenvalue weighted by Crippen LogP contribution is 2.51. The van der Waals surface area contributed by atoms with Crippen LogP contribution in [0.25, 0.3) is 0 Å². The molecule has 0 amide bonds. The molecule has 126 valence electrons. The number of likely N-dealkylation sites (N-methyl/N-ethyl adjacent to an activating group) is 2. The average molecular weight is 318 g/mol. The van der Waals surface area contributed by atoms with Crippen molar-refractivity contribution in [2.24, 2.45) is 0 Å². The lowest BCUT2D eigenvalue weighted by Crippen LogP contribution is -2.45. The topological polar surface area (TPSA) is 42.0 Å². The van der Waals surface area contributed by atoms with Crippen LogP contribution in [0, 0.1) is 0 Å². The van der Waals surface area contributed by atoms with Crippen LogP contribution in [0.2, 0.25) is 0 Å². The van der Waals surface area contributed by atoms with Crippen LogP contribution in [0.1, 0.15) is 39.7 Å². The molecule has 1 aromatic carbocycles. The zero-order chi connectivity index (χ0) is 17.0. The predicted molar refractivity (Wildman–Crippen MR) is 90.1 cm³/mol. The number of ether oxygens (including phenoxy) is 2. The van der Waals surface area contributed by atoms with Crippen molar-refractivity contribution in [3.05, 3.63) is 23.8 Å². The van der Waals surface area contributed by atoms with Crippen LogP contribution in [0.4, 0.5) is 10.5 Å². The van der Waals surface area contributed by atoms with Gasteiger partial charge in [-0.25, -0.2) is 4.79 Å². The quantitative estimate of drug-likeness (QED) is 0.586. The third-order valence-electron chi connectivity index (χ3n) is 4.89. The lowest BCUT2D eigenvalue weighted by molar-refractivity contribution is 0.0206. The Morgan fingerprint density at radius 2 is 2.00 bits per heavy atom. The van der Waals surface area contributed by atoms with E-state index in [0.717, 1.165) is 13.0 Å². The summed E-state index contributed by atoms with van der Waals surface area (Å²) in [7, 11) is 4.29. The Morgan fingerprint density at radius 1 is 1.30 bits per heavy atom. The third-order valence-corrected chi connectivity index (χ3v) is 4.89. The van der Waals surface area contributed by atoms with Gasteiger partial charge in [0.1, 0.15) is 11.4 Å². The van der Waals surface area contributed by atoms with Crippen LogP contribution in [-0.2, 0) is 10.2 Å². The number of carbonyl (C=O) groups excluding carboxylic acids is 1. The molecule has 1 saturated heterocycles. The smallest absolute Gasteiger partial charge is 0.428 e. The number of anilines is 1. The zero-order valence-electron chi connectivity index (χ0n) is 14.8. The maximum atomic E-state index is 11.9. The normalized spacial score (nSPS) is 26.9. The van der Waals surface area contributed by atoms with E-state index in [0.29, 0.717) is 11.9 Å². The van der Waals surface area contributed by atoms with E-state index in [-0.39, 0.29) is 5.41 Å². The van der Waals surface area contributed by atoms with E-state index in [9.17, 15) is 4.79 Å².